The molecule has 47 heavy (non-hydrogen) atoms. The molecular weight excluding hydrogens is 591 g/mol. The summed E-state index contributed by atoms with van der Waals surface area (Å²) >= 11 is 1.79. The normalized spacial score (nSPS) is 14.3. The smallest absolute Gasteiger partial charge is 0.159 e. The summed E-state index contributed by atoms with van der Waals surface area (Å²) in [7, 11) is 0. The first-order valence-corrected chi connectivity index (χ1v) is 16.6. The van der Waals surface area contributed by atoms with Gasteiger partial charge in [-0.1, -0.05) is 157 Å². The third-order valence-electron chi connectivity index (χ3n) is 8.37. The molecule has 3 nitrogen and oxygen atoms in total. The van der Waals surface area contributed by atoms with Gasteiger partial charge in [0, 0.05) is 20.9 Å². The highest BCUT2D eigenvalue weighted by molar-refractivity contribution is 7.99. The second kappa shape index (κ2) is 13.0. The van der Waals surface area contributed by atoms with Gasteiger partial charge < -0.3 is 5.32 Å². The SMILES string of the molecule is c1ccc(Sc2cc(-c3ccccc3)cc(-c3ccc(C4=NC(c5ccccc5)=NC(c5ccccc5)N4)c4ccccc34)c2)cc1. The largest absolute Gasteiger partial charge is 0.344 e. The Hall–Kier alpha value is -5.71. The van der Waals surface area contributed by atoms with Crippen LogP contribution < -0.4 is 5.32 Å². The molecule has 4 heteroatoms. The molecule has 1 N–H and O–H groups in total. The van der Waals surface area contributed by atoms with Crippen LogP contribution in [-0.2, 0) is 0 Å². The van der Waals surface area contributed by atoms with Gasteiger partial charge in [0.25, 0.3) is 0 Å². The molecule has 0 aromatic heterocycles. The maximum Gasteiger partial charge on any atom is 0.159 e. The van der Waals surface area contributed by atoms with E-state index in [4.69, 9.17) is 9.98 Å². The highest BCUT2D eigenvalue weighted by Crippen LogP contribution is 2.39. The van der Waals surface area contributed by atoms with Crippen LogP contribution in [0.1, 0.15) is 22.9 Å². The van der Waals surface area contributed by atoms with Gasteiger partial charge in [-0.2, -0.15) is 0 Å². The molecule has 0 radical (unpaired) electrons. The molecule has 1 aliphatic heterocycles. The molecule has 0 aliphatic carbocycles. The first-order chi connectivity index (χ1) is 23.3. The molecular formula is C43H31N3S. The Morgan fingerprint density at radius 2 is 1.00 bits per heavy atom. The van der Waals surface area contributed by atoms with Crippen molar-refractivity contribution in [2.75, 3.05) is 0 Å². The van der Waals surface area contributed by atoms with Crippen molar-refractivity contribution >= 4 is 34.2 Å². The van der Waals surface area contributed by atoms with Gasteiger partial charge in [-0.25, -0.2) is 9.98 Å². The lowest BCUT2D eigenvalue weighted by molar-refractivity contribution is 0.674. The predicted octanol–water partition coefficient (Wildman–Crippen LogP) is 10.8. The van der Waals surface area contributed by atoms with Crippen molar-refractivity contribution in [2.24, 2.45) is 9.98 Å². The Labute approximate surface area is 279 Å². The van der Waals surface area contributed by atoms with Gasteiger partial charge in [0.1, 0.15) is 12.0 Å². The summed E-state index contributed by atoms with van der Waals surface area (Å²) in [4.78, 5) is 12.6. The monoisotopic (exact) mass is 621 g/mol. The maximum absolute atomic E-state index is 5.12. The summed E-state index contributed by atoms with van der Waals surface area (Å²) in [6, 6.07) is 61.8. The first-order valence-electron chi connectivity index (χ1n) is 15.8. The quantitative estimate of drug-likeness (QED) is 0.192. The number of aliphatic imine (C=N–C) groups is 2. The van der Waals surface area contributed by atoms with Gasteiger partial charge in [-0.05, 0) is 68.9 Å². The third-order valence-corrected chi connectivity index (χ3v) is 9.35. The average molecular weight is 622 g/mol. The number of hydrogen-bond donors (Lipinski definition) is 1. The van der Waals surface area contributed by atoms with E-state index in [2.05, 4.69) is 157 Å². The van der Waals surface area contributed by atoms with E-state index in [0.717, 1.165) is 33.7 Å². The number of nitrogens with one attached hydrogen (secondary N) is 1. The molecule has 0 amide bonds. The average Bonchev–Trinajstić information content (AvgIpc) is 3.15. The standard InChI is InChI=1S/C43H31N3S/c1-5-15-30(16-6-1)33-27-34(29-36(28-33)47-35-21-11-4-12-22-35)37-25-26-40(39-24-14-13-23-38(37)39)43-45-41(31-17-7-2-8-18-31)44-42(46-43)32-19-9-3-10-20-32/h1-29,41H,(H,44,45,46). The summed E-state index contributed by atoms with van der Waals surface area (Å²) in [5.41, 5.74) is 7.90. The van der Waals surface area contributed by atoms with E-state index in [0.29, 0.717) is 0 Å². The molecule has 224 valence electrons. The van der Waals surface area contributed by atoms with Gasteiger partial charge in [-0.3, -0.25) is 0 Å². The second-order valence-electron chi connectivity index (χ2n) is 11.5. The molecule has 1 unspecified atom stereocenters. The number of fused-ring (bicyclic) bond motifs is 1. The highest BCUT2D eigenvalue weighted by atomic mass is 32.2. The Morgan fingerprint density at radius 3 is 1.70 bits per heavy atom. The van der Waals surface area contributed by atoms with E-state index in [1.54, 1.807) is 11.8 Å². The van der Waals surface area contributed by atoms with Crippen LogP contribution in [0.3, 0.4) is 0 Å². The topological polar surface area (TPSA) is 36.8 Å². The number of amidine groups is 2. The van der Waals surface area contributed by atoms with E-state index in [1.165, 1.54) is 37.4 Å². The number of hydrogen-bond acceptors (Lipinski definition) is 4. The van der Waals surface area contributed by atoms with E-state index in [1.807, 2.05) is 24.3 Å². The Morgan fingerprint density at radius 1 is 0.447 bits per heavy atom. The van der Waals surface area contributed by atoms with Crippen LogP contribution in [0.4, 0.5) is 0 Å². The zero-order valence-corrected chi connectivity index (χ0v) is 26.4. The van der Waals surface area contributed by atoms with E-state index < -0.39 is 0 Å². The number of nitrogens with zero attached hydrogens (tertiary/aromatic N) is 2. The molecule has 7 aromatic carbocycles. The van der Waals surface area contributed by atoms with Crippen molar-refractivity contribution in [2.45, 2.75) is 16.0 Å². The van der Waals surface area contributed by atoms with Crippen LogP contribution >= 0.6 is 11.8 Å². The van der Waals surface area contributed by atoms with Crippen molar-refractivity contribution < 1.29 is 0 Å². The minimum Gasteiger partial charge on any atom is -0.344 e. The molecule has 0 spiro atoms. The van der Waals surface area contributed by atoms with Crippen LogP contribution in [0.2, 0.25) is 0 Å². The molecule has 0 fully saturated rings. The fourth-order valence-corrected chi connectivity index (χ4v) is 7.04. The van der Waals surface area contributed by atoms with Gasteiger partial charge in [-0.15, -0.1) is 0 Å². The Balaban J connectivity index is 1.26. The van der Waals surface area contributed by atoms with E-state index in [-0.39, 0.29) is 6.17 Å². The van der Waals surface area contributed by atoms with Crippen LogP contribution in [0, 0.1) is 0 Å². The fourth-order valence-electron chi connectivity index (χ4n) is 6.10. The number of rotatable bonds is 7. The van der Waals surface area contributed by atoms with Crippen LogP contribution in [0.5, 0.6) is 0 Å². The fraction of sp³-hybridized carbons (Fsp3) is 0.0233. The molecule has 0 saturated heterocycles. The molecule has 1 aliphatic rings. The molecule has 0 bridgehead atoms. The van der Waals surface area contributed by atoms with Crippen molar-refractivity contribution in [3.8, 4) is 22.3 Å². The van der Waals surface area contributed by atoms with Crippen molar-refractivity contribution in [1.29, 1.82) is 0 Å². The van der Waals surface area contributed by atoms with Crippen molar-refractivity contribution in [3.63, 3.8) is 0 Å². The predicted molar refractivity (Wildman–Crippen MR) is 197 cm³/mol. The van der Waals surface area contributed by atoms with Crippen LogP contribution in [0.15, 0.2) is 196 Å². The van der Waals surface area contributed by atoms with E-state index >= 15 is 0 Å². The lowest BCUT2D eigenvalue weighted by Gasteiger charge is -2.24. The Bertz CT molecular complexity index is 2230. The van der Waals surface area contributed by atoms with Gasteiger partial charge in [0.05, 0.1) is 0 Å². The summed E-state index contributed by atoms with van der Waals surface area (Å²) in [6.07, 6.45) is -0.252. The maximum atomic E-state index is 5.12. The molecule has 1 atom stereocenters. The molecule has 1 heterocycles. The minimum absolute atomic E-state index is 0.252. The van der Waals surface area contributed by atoms with Gasteiger partial charge >= 0.3 is 0 Å². The lowest BCUT2D eigenvalue weighted by Crippen LogP contribution is -2.33. The van der Waals surface area contributed by atoms with Gasteiger partial charge in [0.2, 0.25) is 0 Å². The zero-order valence-electron chi connectivity index (χ0n) is 25.6. The highest BCUT2D eigenvalue weighted by Gasteiger charge is 2.23. The van der Waals surface area contributed by atoms with Crippen LogP contribution in [-0.4, -0.2) is 11.7 Å². The Kier molecular flexibility index (Phi) is 7.92. The second-order valence-corrected chi connectivity index (χ2v) is 12.6. The molecule has 8 rings (SSSR count). The summed E-state index contributed by atoms with van der Waals surface area (Å²) < 4.78 is 0. The summed E-state index contributed by atoms with van der Waals surface area (Å²) in [6.45, 7) is 0. The third kappa shape index (κ3) is 6.11. The van der Waals surface area contributed by atoms with Crippen LogP contribution in [0.25, 0.3) is 33.0 Å². The first kappa shape index (κ1) is 28.7. The zero-order chi connectivity index (χ0) is 31.4. The summed E-state index contributed by atoms with van der Waals surface area (Å²) in [5.74, 6) is 1.54. The van der Waals surface area contributed by atoms with Gasteiger partial charge in [0.15, 0.2) is 5.84 Å². The molecule has 7 aromatic rings. The van der Waals surface area contributed by atoms with Crippen molar-refractivity contribution in [1.82, 2.24) is 5.32 Å². The molecule has 0 saturated carbocycles. The number of benzene rings is 7. The van der Waals surface area contributed by atoms with Crippen molar-refractivity contribution in [3.05, 3.63) is 193 Å². The minimum atomic E-state index is -0.252. The lowest BCUT2D eigenvalue weighted by atomic mass is 9.92. The summed E-state index contributed by atoms with van der Waals surface area (Å²) in [5, 5.41) is 5.98. The van der Waals surface area contributed by atoms with E-state index in [9.17, 15) is 0 Å².